The van der Waals surface area contributed by atoms with Crippen LogP contribution in [0.2, 0.25) is 0 Å². The molecule has 0 heterocycles. The first-order chi connectivity index (χ1) is 17.2. The SMILES string of the molecule is Cc1ccc([C@@H](NC(=O)c2ccc(CN(c3cccc(C)c3)S(C)(=O)=O)cc2)c2ccccc2)cc1. The van der Waals surface area contributed by atoms with Gasteiger partial charge < -0.3 is 5.32 Å². The van der Waals surface area contributed by atoms with Crippen molar-refractivity contribution >= 4 is 21.6 Å². The maximum absolute atomic E-state index is 13.2. The first-order valence-electron chi connectivity index (χ1n) is 11.8. The quantitative estimate of drug-likeness (QED) is 0.334. The molecule has 1 N–H and O–H groups in total. The summed E-state index contributed by atoms with van der Waals surface area (Å²) in [4.78, 5) is 13.2. The number of nitrogens with one attached hydrogen (secondary N) is 1. The van der Waals surface area contributed by atoms with E-state index in [0.29, 0.717) is 11.3 Å². The van der Waals surface area contributed by atoms with E-state index in [1.807, 2.05) is 86.6 Å². The van der Waals surface area contributed by atoms with Gasteiger partial charge in [0, 0.05) is 5.56 Å². The van der Waals surface area contributed by atoms with Crippen LogP contribution in [0.1, 0.15) is 44.2 Å². The van der Waals surface area contributed by atoms with Gasteiger partial charge in [-0.25, -0.2) is 8.42 Å². The second-order valence-electron chi connectivity index (χ2n) is 9.03. The molecule has 1 amide bonds. The molecule has 4 rings (SSSR count). The summed E-state index contributed by atoms with van der Waals surface area (Å²) >= 11 is 0. The number of benzene rings is 4. The fourth-order valence-corrected chi connectivity index (χ4v) is 4.97. The molecule has 0 saturated carbocycles. The smallest absolute Gasteiger partial charge is 0.252 e. The minimum Gasteiger partial charge on any atom is -0.341 e. The zero-order valence-electron chi connectivity index (χ0n) is 20.7. The lowest BCUT2D eigenvalue weighted by atomic mass is 9.97. The standard InChI is InChI=1S/C30H30N2O3S/c1-22-12-16-26(17-13-22)29(25-9-5-4-6-10-25)31-30(33)27-18-14-24(15-19-27)21-32(36(3,34)35)28-11-7-8-23(2)20-28/h4-20,29H,21H2,1-3H3,(H,31,33)/t29-/m0/s1. The van der Waals surface area contributed by atoms with Gasteiger partial charge in [-0.1, -0.05) is 84.4 Å². The van der Waals surface area contributed by atoms with E-state index in [-0.39, 0.29) is 18.5 Å². The number of amides is 1. The third-order valence-corrected chi connectivity index (χ3v) is 7.19. The Morgan fingerprint density at radius 3 is 2.03 bits per heavy atom. The van der Waals surface area contributed by atoms with Gasteiger partial charge in [0.25, 0.3) is 5.91 Å². The van der Waals surface area contributed by atoms with Gasteiger partial charge in [-0.2, -0.15) is 0 Å². The van der Waals surface area contributed by atoms with Gasteiger partial charge in [0.05, 0.1) is 24.5 Å². The van der Waals surface area contributed by atoms with Crippen molar-refractivity contribution < 1.29 is 13.2 Å². The van der Waals surface area contributed by atoms with Crippen LogP contribution in [0.3, 0.4) is 0 Å². The van der Waals surface area contributed by atoms with Crippen LogP contribution in [0.15, 0.2) is 103 Å². The van der Waals surface area contributed by atoms with E-state index in [9.17, 15) is 13.2 Å². The molecule has 36 heavy (non-hydrogen) atoms. The van der Waals surface area contributed by atoms with Gasteiger partial charge >= 0.3 is 0 Å². The van der Waals surface area contributed by atoms with E-state index < -0.39 is 10.0 Å². The van der Waals surface area contributed by atoms with Crippen molar-refractivity contribution in [2.24, 2.45) is 0 Å². The van der Waals surface area contributed by atoms with Crippen LogP contribution in [0.25, 0.3) is 0 Å². The lowest BCUT2D eigenvalue weighted by Crippen LogP contribution is -2.30. The molecule has 0 unspecified atom stereocenters. The zero-order valence-corrected chi connectivity index (χ0v) is 21.5. The molecule has 0 bridgehead atoms. The van der Waals surface area contributed by atoms with Crippen LogP contribution in [0.4, 0.5) is 5.69 Å². The molecule has 1 atom stereocenters. The Bertz CT molecular complexity index is 1430. The lowest BCUT2D eigenvalue weighted by Gasteiger charge is -2.23. The first kappa shape index (κ1) is 25.2. The Morgan fingerprint density at radius 1 is 0.778 bits per heavy atom. The number of hydrogen-bond acceptors (Lipinski definition) is 3. The summed E-state index contributed by atoms with van der Waals surface area (Å²) in [6, 6.07) is 32.2. The van der Waals surface area contributed by atoms with Gasteiger partial charge in [0.15, 0.2) is 0 Å². The first-order valence-corrected chi connectivity index (χ1v) is 13.6. The maximum atomic E-state index is 13.2. The van der Waals surface area contributed by atoms with Crippen LogP contribution < -0.4 is 9.62 Å². The van der Waals surface area contributed by atoms with Gasteiger partial charge in [-0.3, -0.25) is 9.10 Å². The number of aryl methyl sites for hydroxylation is 2. The molecule has 0 aliphatic heterocycles. The van der Waals surface area contributed by atoms with E-state index in [1.54, 1.807) is 30.3 Å². The maximum Gasteiger partial charge on any atom is 0.252 e. The average molecular weight is 499 g/mol. The van der Waals surface area contributed by atoms with Crippen molar-refractivity contribution in [2.75, 3.05) is 10.6 Å². The predicted molar refractivity (Wildman–Crippen MR) is 146 cm³/mol. The summed E-state index contributed by atoms with van der Waals surface area (Å²) in [6.45, 7) is 4.14. The van der Waals surface area contributed by atoms with Gasteiger partial charge in [-0.05, 0) is 60.4 Å². The Hall–Kier alpha value is -3.90. The van der Waals surface area contributed by atoms with Crippen molar-refractivity contribution in [2.45, 2.75) is 26.4 Å². The van der Waals surface area contributed by atoms with Crippen molar-refractivity contribution in [3.05, 3.63) is 137 Å². The van der Waals surface area contributed by atoms with Crippen molar-refractivity contribution in [3.8, 4) is 0 Å². The summed E-state index contributed by atoms with van der Waals surface area (Å²) < 4.78 is 26.4. The average Bonchev–Trinajstić information content (AvgIpc) is 2.86. The number of carbonyl (C=O) groups excluding carboxylic acids is 1. The van der Waals surface area contributed by atoms with Gasteiger partial charge in [0.2, 0.25) is 10.0 Å². The molecule has 0 aliphatic rings. The number of anilines is 1. The third-order valence-electron chi connectivity index (χ3n) is 6.05. The van der Waals surface area contributed by atoms with Crippen LogP contribution in [0.5, 0.6) is 0 Å². The van der Waals surface area contributed by atoms with Crippen LogP contribution in [-0.2, 0) is 16.6 Å². The molecule has 0 fully saturated rings. The number of hydrogen-bond donors (Lipinski definition) is 1. The number of nitrogens with zero attached hydrogens (tertiary/aromatic N) is 1. The molecule has 4 aromatic carbocycles. The van der Waals surface area contributed by atoms with E-state index in [0.717, 1.165) is 27.8 Å². The fourth-order valence-electron chi connectivity index (χ4n) is 4.09. The minimum atomic E-state index is -3.49. The summed E-state index contributed by atoms with van der Waals surface area (Å²) in [5, 5.41) is 3.16. The van der Waals surface area contributed by atoms with Gasteiger partial charge in [-0.15, -0.1) is 0 Å². The monoisotopic (exact) mass is 498 g/mol. The largest absolute Gasteiger partial charge is 0.341 e. The molecule has 0 aliphatic carbocycles. The second kappa shape index (κ2) is 10.8. The molecule has 0 spiro atoms. The Kier molecular flexibility index (Phi) is 7.55. The fraction of sp³-hybridized carbons (Fsp3) is 0.167. The summed E-state index contributed by atoms with van der Waals surface area (Å²) in [6.07, 6.45) is 1.20. The number of rotatable bonds is 8. The molecule has 6 heteroatoms. The summed E-state index contributed by atoms with van der Waals surface area (Å²) in [5.74, 6) is -0.199. The van der Waals surface area contributed by atoms with E-state index in [1.165, 1.54) is 10.6 Å². The molecule has 0 saturated heterocycles. The van der Waals surface area contributed by atoms with Crippen LogP contribution >= 0.6 is 0 Å². The zero-order chi connectivity index (χ0) is 25.7. The second-order valence-corrected chi connectivity index (χ2v) is 10.9. The van der Waals surface area contributed by atoms with Gasteiger partial charge in [0.1, 0.15) is 0 Å². The van der Waals surface area contributed by atoms with Crippen molar-refractivity contribution in [1.82, 2.24) is 5.32 Å². The molecule has 184 valence electrons. The van der Waals surface area contributed by atoms with Crippen LogP contribution in [-0.4, -0.2) is 20.6 Å². The van der Waals surface area contributed by atoms with E-state index >= 15 is 0 Å². The van der Waals surface area contributed by atoms with E-state index in [4.69, 9.17) is 0 Å². The number of sulfonamides is 1. The minimum absolute atomic E-state index is 0.181. The normalized spacial score (nSPS) is 12.1. The highest BCUT2D eigenvalue weighted by Crippen LogP contribution is 2.24. The predicted octanol–water partition coefficient (Wildman–Crippen LogP) is 5.79. The Labute approximate surface area is 213 Å². The topological polar surface area (TPSA) is 66.5 Å². The van der Waals surface area contributed by atoms with Crippen LogP contribution in [0, 0.1) is 13.8 Å². The summed E-state index contributed by atoms with van der Waals surface area (Å²) in [5.41, 5.74) is 6.04. The highest BCUT2D eigenvalue weighted by atomic mass is 32.2. The van der Waals surface area contributed by atoms with E-state index in [2.05, 4.69) is 5.32 Å². The molecule has 4 aromatic rings. The molecule has 5 nitrogen and oxygen atoms in total. The highest BCUT2D eigenvalue weighted by molar-refractivity contribution is 7.92. The summed E-state index contributed by atoms with van der Waals surface area (Å²) in [7, 11) is -3.49. The molecular weight excluding hydrogens is 468 g/mol. The third kappa shape index (κ3) is 6.20. The Balaban J connectivity index is 1.54. The molecule has 0 aromatic heterocycles. The highest BCUT2D eigenvalue weighted by Gasteiger charge is 2.20. The Morgan fingerprint density at radius 2 is 1.42 bits per heavy atom. The lowest BCUT2D eigenvalue weighted by molar-refractivity contribution is 0.0943. The van der Waals surface area contributed by atoms with Crippen molar-refractivity contribution in [1.29, 1.82) is 0 Å². The van der Waals surface area contributed by atoms with Crippen molar-refractivity contribution in [3.63, 3.8) is 0 Å². The molecule has 0 radical (unpaired) electrons. The molecular formula is C30H30N2O3S. The number of carbonyl (C=O) groups is 1.